The number of benzene rings is 2. The van der Waals surface area contributed by atoms with E-state index in [1.165, 1.54) is 23.5 Å². The number of urea groups is 1. The molecule has 0 saturated carbocycles. The van der Waals surface area contributed by atoms with Crippen molar-refractivity contribution in [2.24, 2.45) is 0 Å². The van der Waals surface area contributed by atoms with Gasteiger partial charge in [-0.2, -0.15) is 5.01 Å². The van der Waals surface area contributed by atoms with Crippen molar-refractivity contribution in [2.45, 2.75) is 18.9 Å². The second kappa shape index (κ2) is 8.64. The lowest BCUT2D eigenvalue weighted by atomic mass is 9.87. The Bertz CT molecular complexity index is 1180. The van der Waals surface area contributed by atoms with E-state index in [1.807, 2.05) is 6.07 Å². The van der Waals surface area contributed by atoms with Crippen LogP contribution in [0.15, 0.2) is 72.1 Å². The summed E-state index contributed by atoms with van der Waals surface area (Å²) in [5, 5.41) is 7.93. The van der Waals surface area contributed by atoms with Gasteiger partial charge in [0.15, 0.2) is 0 Å². The van der Waals surface area contributed by atoms with Crippen LogP contribution in [0.3, 0.4) is 0 Å². The van der Waals surface area contributed by atoms with Crippen molar-refractivity contribution in [2.75, 3.05) is 5.32 Å². The first kappa shape index (κ1) is 21.3. The molecule has 3 N–H and O–H groups in total. The molecule has 0 spiro atoms. The number of carbonyl (C=O) groups is 4. The van der Waals surface area contributed by atoms with Gasteiger partial charge >= 0.3 is 6.03 Å². The van der Waals surface area contributed by atoms with Crippen LogP contribution in [0.1, 0.15) is 38.9 Å². The summed E-state index contributed by atoms with van der Waals surface area (Å²) in [7, 11) is 0. The molecule has 2 heterocycles. The normalized spacial score (nSPS) is 17.7. The molecule has 0 bridgehead atoms. The summed E-state index contributed by atoms with van der Waals surface area (Å²) in [6.45, 7) is 1.79. The summed E-state index contributed by atoms with van der Waals surface area (Å²) in [4.78, 5) is 51.3. The fourth-order valence-corrected chi connectivity index (χ4v) is 4.16. The van der Waals surface area contributed by atoms with Gasteiger partial charge < -0.3 is 10.6 Å². The van der Waals surface area contributed by atoms with E-state index in [0.29, 0.717) is 27.6 Å². The van der Waals surface area contributed by atoms with E-state index < -0.39 is 23.4 Å². The van der Waals surface area contributed by atoms with E-state index in [4.69, 9.17) is 0 Å². The largest absolute Gasteiger partial charge is 0.344 e. The Morgan fingerprint density at radius 3 is 2.47 bits per heavy atom. The third-order valence-corrected chi connectivity index (χ3v) is 6.10. The Kier molecular flexibility index (Phi) is 5.74. The van der Waals surface area contributed by atoms with Crippen molar-refractivity contribution in [1.82, 2.24) is 15.8 Å². The van der Waals surface area contributed by atoms with Crippen LogP contribution in [-0.2, 0) is 10.3 Å². The maximum absolute atomic E-state index is 13.2. The Labute approximate surface area is 188 Å². The van der Waals surface area contributed by atoms with E-state index in [-0.39, 0.29) is 11.5 Å². The second-order valence-electron chi connectivity index (χ2n) is 7.15. The molecule has 32 heavy (non-hydrogen) atoms. The minimum Gasteiger partial charge on any atom is -0.321 e. The first-order valence-electron chi connectivity index (χ1n) is 9.93. The number of hydrazine groups is 1. The zero-order chi connectivity index (χ0) is 22.7. The number of hydrogen-bond acceptors (Lipinski definition) is 5. The topological polar surface area (TPSA) is 108 Å². The molecule has 1 unspecified atom stereocenters. The number of imide groups is 1. The van der Waals surface area contributed by atoms with Crippen molar-refractivity contribution in [3.8, 4) is 0 Å². The van der Waals surface area contributed by atoms with Crippen LogP contribution in [0, 0.1) is 0 Å². The van der Waals surface area contributed by atoms with Gasteiger partial charge in [0.05, 0.1) is 4.88 Å². The van der Waals surface area contributed by atoms with E-state index >= 15 is 0 Å². The van der Waals surface area contributed by atoms with Crippen molar-refractivity contribution in [3.05, 3.63) is 88.1 Å². The van der Waals surface area contributed by atoms with Gasteiger partial charge in [-0.1, -0.05) is 49.4 Å². The Balaban J connectivity index is 1.51. The minimum absolute atomic E-state index is 0.184. The lowest BCUT2D eigenvalue weighted by Gasteiger charge is -2.25. The maximum atomic E-state index is 13.2. The molecule has 1 atom stereocenters. The van der Waals surface area contributed by atoms with Crippen LogP contribution in [-0.4, -0.2) is 28.8 Å². The van der Waals surface area contributed by atoms with Gasteiger partial charge in [-0.15, -0.1) is 11.3 Å². The zero-order valence-corrected chi connectivity index (χ0v) is 17.9. The van der Waals surface area contributed by atoms with Gasteiger partial charge in [-0.25, -0.2) is 4.79 Å². The molecule has 0 radical (unpaired) electrons. The Morgan fingerprint density at radius 2 is 1.78 bits per heavy atom. The number of anilines is 1. The van der Waals surface area contributed by atoms with Crippen molar-refractivity contribution in [3.63, 3.8) is 0 Å². The minimum atomic E-state index is -1.25. The van der Waals surface area contributed by atoms with Gasteiger partial charge in [0, 0.05) is 11.3 Å². The van der Waals surface area contributed by atoms with Crippen molar-refractivity contribution >= 4 is 40.8 Å². The summed E-state index contributed by atoms with van der Waals surface area (Å²) in [5.41, 5.74) is 2.37. The first-order chi connectivity index (χ1) is 15.4. The Morgan fingerprint density at radius 1 is 1.00 bits per heavy atom. The number of amides is 5. The van der Waals surface area contributed by atoms with Gasteiger partial charge in [-0.05, 0) is 41.6 Å². The number of thiophene rings is 1. The number of nitrogens with zero attached hydrogens (tertiary/aromatic N) is 1. The van der Waals surface area contributed by atoms with Crippen LogP contribution >= 0.6 is 11.3 Å². The molecular formula is C23H20N4O4S. The molecule has 162 valence electrons. The molecule has 8 nitrogen and oxygen atoms in total. The van der Waals surface area contributed by atoms with Crippen molar-refractivity contribution in [1.29, 1.82) is 0 Å². The van der Waals surface area contributed by atoms with E-state index in [0.717, 1.165) is 0 Å². The molecule has 1 fully saturated rings. The van der Waals surface area contributed by atoms with Gasteiger partial charge in [0.1, 0.15) is 5.54 Å². The van der Waals surface area contributed by atoms with E-state index in [2.05, 4.69) is 16.1 Å². The maximum Gasteiger partial charge on any atom is 0.344 e. The molecule has 3 aromatic rings. The summed E-state index contributed by atoms with van der Waals surface area (Å²) >= 11 is 1.30. The third-order valence-electron chi connectivity index (χ3n) is 5.23. The highest BCUT2D eigenvalue weighted by molar-refractivity contribution is 7.12. The molecule has 0 aliphatic carbocycles. The summed E-state index contributed by atoms with van der Waals surface area (Å²) in [6, 6.07) is 17.9. The van der Waals surface area contributed by atoms with Crippen molar-refractivity contribution < 1.29 is 19.2 Å². The molecule has 2 aromatic carbocycles. The van der Waals surface area contributed by atoms with Gasteiger partial charge in [-0.3, -0.25) is 19.8 Å². The summed E-state index contributed by atoms with van der Waals surface area (Å²) in [5.74, 6) is -1.50. The summed E-state index contributed by atoms with van der Waals surface area (Å²) in [6.07, 6.45) is 0.318. The van der Waals surface area contributed by atoms with Gasteiger partial charge in [0.2, 0.25) is 0 Å². The molecule has 4 rings (SSSR count). The fourth-order valence-electron chi connectivity index (χ4n) is 3.54. The second-order valence-corrected chi connectivity index (χ2v) is 8.10. The third kappa shape index (κ3) is 3.85. The van der Waals surface area contributed by atoms with Crippen LogP contribution in [0.2, 0.25) is 0 Å². The number of rotatable bonds is 6. The standard InChI is InChI=1S/C23H20N4O4S/c1-2-23(16-9-4-3-5-10-16)21(30)27(22(31)25-23)26-19(28)15-8-6-11-17(14-15)24-20(29)18-12-7-13-32-18/h3-14H,2H2,1H3,(H,24,29)(H,25,31)(H,26,28). The van der Waals surface area contributed by atoms with Crippen LogP contribution in [0.25, 0.3) is 0 Å². The van der Waals surface area contributed by atoms with Crippen LogP contribution in [0.5, 0.6) is 0 Å². The fraction of sp³-hybridized carbons (Fsp3) is 0.130. The lowest BCUT2D eigenvalue weighted by molar-refractivity contribution is -0.133. The quantitative estimate of drug-likeness (QED) is 0.502. The van der Waals surface area contributed by atoms with E-state index in [1.54, 1.807) is 60.8 Å². The zero-order valence-electron chi connectivity index (χ0n) is 17.1. The highest BCUT2D eigenvalue weighted by Gasteiger charge is 2.52. The average molecular weight is 449 g/mol. The highest BCUT2D eigenvalue weighted by atomic mass is 32.1. The average Bonchev–Trinajstić information content (AvgIpc) is 3.43. The molecule has 9 heteroatoms. The first-order valence-corrected chi connectivity index (χ1v) is 10.8. The van der Waals surface area contributed by atoms with Gasteiger partial charge in [0.25, 0.3) is 17.7 Å². The monoisotopic (exact) mass is 448 g/mol. The highest BCUT2D eigenvalue weighted by Crippen LogP contribution is 2.31. The predicted octanol–water partition coefficient (Wildman–Crippen LogP) is 3.50. The van der Waals surface area contributed by atoms with Crippen LogP contribution < -0.4 is 16.1 Å². The molecule has 5 amide bonds. The number of hydrogen-bond donors (Lipinski definition) is 3. The Hall–Kier alpha value is -3.98. The predicted molar refractivity (Wildman–Crippen MR) is 120 cm³/mol. The number of nitrogens with one attached hydrogen (secondary N) is 3. The molecule has 1 aliphatic heterocycles. The molecule has 1 aliphatic rings. The molecule has 1 saturated heterocycles. The SMILES string of the molecule is CCC1(c2ccccc2)NC(=O)N(NC(=O)c2cccc(NC(=O)c3cccs3)c2)C1=O. The smallest absolute Gasteiger partial charge is 0.321 e. The summed E-state index contributed by atoms with van der Waals surface area (Å²) < 4.78 is 0. The van der Waals surface area contributed by atoms with Crippen LogP contribution in [0.4, 0.5) is 10.5 Å². The molecule has 1 aromatic heterocycles. The van der Waals surface area contributed by atoms with E-state index in [9.17, 15) is 19.2 Å². The lowest BCUT2D eigenvalue weighted by Crippen LogP contribution is -2.48. The molecular weight excluding hydrogens is 428 g/mol. The number of carbonyl (C=O) groups excluding carboxylic acids is 4.